The molecule has 2 N–H and O–H groups in total. The second kappa shape index (κ2) is 7.17. The van der Waals surface area contributed by atoms with Crippen molar-refractivity contribution in [3.05, 3.63) is 62.8 Å². The van der Waals surface area contributed by atoms with E-state index in [1.54, 1.807) is 6.20 Å². The maximum absolute atomic E-state index is 5.90. The summed E-state index contributed by atoms with van der Waals surface area (Å²) < 4.78 is 2.13. The Labute approximate surface area is 130 Å². The van der Waals surface area contributed by atoms with Crippen molar-refractivity contribution in [2.75, 3.05) is 6.54 Å². The maximum Gasteiger partial charge on any atom is 0.0410 e. The third kappa shape index (κ3) is 4.71. The lowest BCUT2D eigenvalue weighted by atomic mass is 9.93. The average Bonchev–Trinajstić information content (AvgIpc) is 2.38. The second-order valence-corrected chi connectivity index (χ2v) is 6.48. The molecule has 2 rings (SSSR count). The predicted molar refractivity (Wildman–Crippen MR) is 86.0 cm³/mol. The average molecular weight is 384 g/mol. The van der Waals surface area contributed by atoms with Gasteiger partial charge in [0.15, 0.2) is 0 Å². The SMILES string of the molecule is NCC(Cc1cccc(Br)c1)Cc1cncc(Br)c1. The van der Waals surface area contributed by atoms with Crippen molar-refractivity contribution >= 4 is 31.9 Å². The van der Waals surface area contributed by atoms with Crippen LogP contribution in [0.4, 0.5) is 0 Å². The van der Waals surface area contributed by atoms with E-state index in [0.717, 1.165) is 21.8 Å². The van der Waals surface area contributed by atoms with Crippen LogP contribution < -0.4 is 5.73 Å². The van der Waals surface area contributed by atoms with E-state index in [1.165, 1.54) is 11.1 Å². The Bertz CT molecular complexity index is 496. The summed E-state index contributed by atoms with van der Waals surface area (Å²) in [5.74, 6) is 0.436. The molecule has 2 nitrogen and oxygen atoms in total. The van der Waals surface area contributed by atoms with Crippen molar-refractivity contribution in [3.63, 3.8) is 0 Å². The monoisotopic (exact) mass is 382 g/mol. The molecule has 2 aromatic rings. The zero-order chi connectivity index (χ0) is 13.7. The van der Waals surface area contributed by atoms with E-state index < -0.39 is 0 Å². The van der Waals surface area contributed by atoms with Gasteiger partial charge < -0.3 is 5.73 Å². The van der Waals surface area contributed by atoms with Gasteiger partial charge in [0.25, 0.3) is 0 Å². The number of benzene rings is 1. The number of nitrogens with two attached hydrogens (primary N) is 1. The van der Waals surface area contributed by atoms with E-state index >= 15 is 0 Å². The number of pyridine rings is 1. The van der Waals surface area contributed by atoms with Gasteiger partial charge in [0.1, 0.15) is 0 Å². The molecule has 1 aromatic carbocycles. The van der Waals surface area contributed by atoms with E-state index in [1.807, 2.05) is 12.3 Å². The molecule has 0 saturated carbocycles. The first-order valence-electron chi connectivity index (χ1n) is 6.21. The van der Waals surface area contributed by atoms with E-state index in [9.17, 15) is 0 Å². The van der Waals surface area contributed by atoms with Gasteiger partial charge in [-0.15, -0.1) is 0 Å². The van der Waals surface area contributed by atoms with Crippen LogP contribution in [-0.4, -0.2) is 11.5 Å². The molecule has 0 aliphatic heterocycles. The number of halogens is 2. The van der Waals surface area contributed by atoms with Crippen LogP contribution in [0.1, 0.15) is 11.1 Å². The molecule has 1 heterocycles. The largest absolute Gasteiger partial charge is 0.330 e. The van der Waals surface area contributed by atoms with E-state index in [-0.39, 0.29) is 0 Å². The minimum atomic E-state index is 0.436. The molecule has 1 atom stereocenters. The second-order valence-electron chi connectivity index (χ2n) is 4.65. The standard InChI is InChI=1S/C15H16Br2N2/c16-14-3-1-2-11(6-14)4-12(8-18)5-13-7-15(17)10-19-9-13/h1-3,6-7,9-10,12H,4-5,8,18H2. The highest BCUT2D eigenvalue weighted by Gasteiger charge is 2.10. The number of hydrogen-bond acceptors (Lipinski definition) is 2. The summed E-state index contributed by atoms with van der Waals surface area (Å²) in [6.45, 7) is 0.680. The van der Waals surface area contributed by atoms with E-state index in [0.29, 0.717) is 12.5 Å². The van der Waals surface area contributed by atoms with Crippen LogP contribution in [0.25, 0.3) is 0 Å². The number of rotatable bonds is 5. The fourth-order valence-electron chi connectivity index (χ4n) is 2.14. The van der Waals surface area contributed by atoms with Crippen molar-refractivity contribution in [1.82, 2.24) is 4.98 Å². The van der Waals surface area contributed by atoms with Crippen molar-refractivity contribution in [1.29, 1.82) is 0 Å². The zero-order valence-electron chi connectivity index (χ0n) is 10.5. The van der Waals surface area contributed by atoms with Gasteiger partial charge in [-0.1, -0.05) is 28.1 Å². The third-order valence-corrected chi connectivity index (χ3v) is 3.96. The summed E-state index contributed by atoms with van der Waals surface area (Å²) >= 11 is 6.95. The van der Waals surface area contributed by atoms with Gasteiger partial charge in [-0.25, -0.2) is 0 Å². The molecule has 100 valence electrons. The highest BCUT2D eigenvalue weighted by Crippen LogP contribution is 2.18. The lowest BCUT2D eigenvalue weighted by molar-refractivity contribution is 0.532. The molecule has 4 heteroatoms. The maximum atomic E-state index is 5.90. The number of nitrogens with zero attached hydrogens (tertiary/aromatic N) is 1. The molecule has 0 saturated heterocycles. The van der Waals surface area contributed by atoms with Crippen molar-refractivity contribution in [2.24, 2.45) is 11.7 Å². The molecular weight excluding hydrogens is 368 g/mol. The lowest BCUT2D eigenvalue weighted by Crippen LogP contribution is -2.19. The molecule has 0 radical (unpaired) electrons. The van der Waals surface area contributed by atoms with Gasteiger partial charge in [0, 0.05) is 21.3 Å². The Morgan fingerprint density at radius 1 is 1.00 bits per heavy atom. The van der Waals surface area contributed by atoms with Crippen molar-refractivity contribution in [3.8, 4) is 0 Å². The van der Waals surface area contributed by atoms with Gasteiger partial charge in [-0.3, -0.25) is 4.98 Å². The van der Waals surface area contributed by atoms with Crippen LogP contribution in [0, 0.1) is 5.92 Å². The summed E-state index contributed by atoms with van der Waals surface area (Å²) in [4.78, 5) is 4.20. The quantitative estimate of drug-likeness (QED) is 0.848. The third-order valence-electron chi connectivity index (χ3n) is 3.03. The molecule has 0 fully saturated rings. The van der Waals surface area contributed by atoms with Gasteiger partial charge in [0.2, 0.25) is 0 Å². The fraction of sp³-hybridized carbons (Fsp3) is 0.267. The predicted octanol–water partition coefficient (Wildman–Crippen LogP) is 3.97. The minimum absolute atomic E-state index is 0.436. The Morgan fingerprint density at radius 3 is 2.42 bits per heavy atom. The Morgan fingerprint density at radius 2 is 1.74 bits per heavy atom. The molecule has 0 aliphatic carbocycles. The van der Waals surface area contributed by atoms with Crippen molar-refractivity contribution in [2.45, 2.75) is 12.8 Å². The topological polar surface area (TPSA) is 38.9 Å². The fourth-order valence-corrected chi connectivity index (χ4v) is 3.00. The summed E-state index contributed by atoms with van der Waals surface area (Å²) in [5.41, 5.74) is 8.44. The van der Waals surface area contributed by atoms with Gasteiger partial charge in [-0.05, 0) is 70.6 Å². The van der Waals surface area contributed by atoms with Crippen LogP contribution in [0.3, 0.4) is 0 Å². The summed E-state index contributed by atoms with van der Waals surface area (Å²) in [7, 11) is 0. The Hall–Kier alpha value is -0.710. The first-order valence-corrected chi connectivity index (χ1v) is 7.80. The first-order chi connectivity index (χ1) is 9.17. The molecule has 19 heavy (non-hydrogen) atoms. The molecular formula is C15H16Br2N2. The molecule has 0 aliphatic rings. The van der Waals surface area contributed by atoms with Crippen LogP contribution in [0.5, 0.6) is 0 Å². The minimum Gasteiger partial charge on any atom is -0.330 e. The first kappa shape index (κ1) is 14.7. The smallest absolute Gasteiger partial charge is 0.0410 e. The number of hydrogen-bond donors (Lipinski definition) is 1. The highest BCUT2D eigenvalue weighted by molar-refractivity contribution is 9.10. The Kier molecular flexibility index (Phi) is 5.55. The summed E-state index contributed by atoms with van der Waals surface area (Å²) in [6.07, 6.45) is 5.65. The van der Waals surface area contributed by atoms with Crippen LogP contribution in [-0.2, 0) is 12.8 Å². The van der Waals surface area contributed by atoms with E-state index in [2.05, 4.69) is 61.1 Å². The van der Waals surface area contributed by atoms with Gasteiger partial charge >= 0.3 is 0 Å². The molecule has 1 aromatic heterocycles. The molecule has 0 bridgehead atoms. The molecule has 0 amide bonds. The molecule has 1 unspecified atom stereocenters. The highest BCUT2D eigenvalue weighted by atomic mass is 79.9. The lowest BCUT2D eigenvalue weighted by Gasteiger charge is -2.15. The summed E-state index contributed by atoms with van der Waals surface area (Å²) in [5, 5.41) is 0. The summed E-state index contributed by atoms with van der Waals surface area (Å²) in [6, 6.07) is 10.5. The van der Waals surface area contributed by atoms with Crippen LogP contribution in [0.15, 0.2) is 51.7 Å². The van der Waals surface area contributed by atoms with E-state index in [4.69, 9.17) is 5.73 Å². The van der Waals surface area contributed by atoms with Crippen LogP contribution >= 0.6 is 31.9 Å². The van der Waals surface area contributed by atoms with Crippen LogP contribution in [0.2, 0.25) is 0 Å². The zero-order valence-corrected chi connectivity index (χ0v) is 13.7. The van der Waals surface area contributed by atoms with Gasteiger partial charge in [-0.2, -0.15) is 0 Å². The van der Waals surface area contributed by atoms with Gasteiger partial charge in [0.05, 0.1) is 0 Å². The number of aromatic nitrogens is 1. The normalized spacial score (nSPS) is 12.4. The van der Waals surface area contributed by atoms with Crippen molar-refractivity contribution < 1.29 is 0 Å². The molecule has 0 spiro atoms. The Balaban J connectivity index is 2.04.